The third-order valence-electron chi connectivity index (χ3n) is 16.5. The number of benzene rings is 1. The molecule has 10 atom stereocenters. The van der Waals surface area contributed by atoms with Gasteiger partial charge in [-0.3, -0.25) is 4.79 Å². The number of nitrogens with one attached hydrogen (secondary N) is 1. The van der Waals surface area contributed by atoms with Crippen molar-refractivity contribution in [1.82, 2.24) is 9.80 Å². The molecule has 0 spiro atoms. The van der Waals surface area contributed by atoms with Crippen LogP contribution in [0.2, 0.25) is 0 Å². The highest BCUT2D eigenvalue weighted by atomic mass is 32.1. The molecule has 4 saturated carbocycles. The molecule has 1 saturated heterocycles. The van der Waals surface area contributed by atoms with Gasteiger partial charge in [-0.1, -0.05) is 72.2 Å². The lowest BCUT2D eigenvalue weighted by Crippen LogP contribution is -2.66. The number of aliphatic hydroxyl groups is 1. The second kappa shape index (κ2) is 11.8. The Morgan fingerprint density at radius 1 is 0.896 bits per heavy atom. The molecule has 0 radical (unpaired) electrons. The number of carbonyl (C=O) groups excluding carboxylic acids is 1. The van der Waals surface area contributed by atoms with Gasteiger partial charge in [0.15, 0.2) is 5.11 Å². The van der Waals surface area contributed by atoms with Crippen LogP contribution >= 0.6 is 12.2 Å². The maximum atomic E-state index is 15.1. The summed E-state index contributed by atoms with van der Waals surface area (Å²) in [6.45, 7) is 22.6. The number of anilines is 1. The van der Waals surface area contributed by atoms with Crippen LogP contribution in [0.1, 0.15) is 112 Å². The molecule has 264 valence electrons. The smallest absolute Gasteiger partial charge is 0.229 e. The molecule has 1 aromatic rings. The van der Waals surface area contributed by atoms with Crippen LogP contribution in [0.5, 0.6) is 0 Å². The van der Waals surface area contributed by atoms with E-state index in [4.69, 9.17) is 12.2 Å². The summed E-state index contributed by atoms with van der Waals surface area (Å²) < 4.78 is 0. The highest BCUT2D eigenvalue weighted by Gasteiger charge is 2.69. The van der Waals surface area contributed by atoms with Crippen LogP contribution in [0.3, 0.4) is 0 Å². The monoisotopic (exact) mass is 673 g/mol. The second-order valence-corrected chi connectivity index (χ2v) is 19.1. The van der Waals surface area contributed by atoms with Crippen molar-refractivity contribution in [2.24, 2.45) is 56.7 Å². The van der Waals surface area contributed by atoms with Gasteiger partial charge in [-0.15, -0.1) is 0 Å². The summed E-state index contributed by atoms with van der Waals surface area (Å²) in [5, 5.41) is 15.3. The van der Waals surface area contributed by atoms with Gasteiger partial charge in [0.25, 0.3) is 0 Å². The van der Waals surface area contributed by atoms with E-state index >= 15 is 4.79 Å². The zero-order chi connectivity index (χ0) is 34.4. The molecule has 5 aliphatic carbocycles. The lowest BCUT2D eigenvalue weighted by atomic mass is 9.33. The van der Waals surface area contributed by atoms with Crippen LogP contribution in [0.25, 0.3) is 0 Å². The predicted octanol–water partition coefficient (Wildman–Crippen LogP) is 8.85. The molecule has 48 heavy (non-hydrogen) atoms. The van der Waals surface area contributed by atoms with Crippen LogP contribution in [0.4, 0.5) is 5.69 Å². The molecule has 1 heterocycles. The fourth-order valence-electron chi connectivity index (χ4n) is 13.2. The molecule has 0 unspecified atom stereocenters. The molecule has 2 N–H and O–H groups in total. The molecular formula is C42H63N3O2S. The Kier molecular flexibility index (Phi) is 8.50. The summed E-state index contributed by atoms with van der Waals surface area (Å²) in [5.41, 5.74) is 4.12. The fourth-order valence-corrected chi connectivity index (χ4v) is 13.5. The number of nitrogens with zero attached hydrogens (tertiary/aromatic N) is 2. The predicted molar refractivity (Wildman–Crippen MR) is 201 cm³/mol. The topological polar surface area (TPSA) is 55.8 Å². The van der Waals surface area contributed by atoms with Gasteiger partial charge in [0.2, 0.25) is 5.91 Å². The average Bonchev–Trinajstić information content (AvgIpc) is 3.05. The van der Waals surface area contributed by atoms with Crippen molar-refractivity contribution < 1.29 is 9.90 Å². The van der Waals surface area contributed by atoms with Gasteiger partial charge in [0.05, 0.1) is 11.5 Å². The maximum absolute atomic E-state index is 15.1. The van der Waals surface area contributed by atoms with E-state index in [0.29, 0.717) is 35.5 Å². The number of carbonyl (C=O) groups is 1. The van der Waals surface area contributed by atoms with E-state index in [1.54, 1.807) is 5.57 Å². The molecule has 1 amide bonds. The molecule has 1 aromatic carbocycles. The van der Waals surface area contributed by atoms with Gasteiger partial charge in [-0.2, -0.15) is 0 Å². The summed E-state index contributed by atoms with van der Waals surface area (Å²) >= 11 is 5.83. The van der Waals surface area contributed by atoms with Gasteiger partial charge in [0.1, 0.15) is 0 Å². The van der Waals surface area contributed by atoms with Gasteiger partial charge in [-0.25, -0.2) is 0 Å². The number of amides is 1. The second-order valence-electron chi connectivity index (χ2n) is 18.8. The summed E-state index contributed by atoms with van der Waals surface area (Å²) in [6.07, 6.45) is 12.4. The lowest BCUT2D eigenvalue weighted by Gasteiger charge is -2.71. The number of aryl methyl sites for hydroxylation is 1. The van der Waals surface area contributed by atoms with Gasteiger partial charge >= 0.3 is 0 Å². The number of rotatable bonds is 2. The van der Waals surface area contributed by atoms with E-state index < -0.39 is 0 Å². The SMILES string of the molecule is Cc1cccc(NC(=S)N2CCN(C(=O)[C@]34CC[C@@H](C)[C@H](C)[C@H]3C3=CC[C@@H]5[C@@]6(C)CC[C@H](O)C(C)(C)[C@@H]6CC[C@@]5(C)[C@]3(C)CC4)CC2)c1. The van der Waals surface area contributed by atoms with Crippen LogP contribution in [0, 0.1) is 63.6 Å². The van der Waals surface area contributed by atoms with Crippen molar-refractivity contribution in [3.05, 3.63) is 41.5 Å². The molecule has 5 nitrogen and oxygen atoms in total. The van der Waals surface area contributed by atoms with Crippen LogP contribution in [0.15, 0.2) is 35.9 Å². The van der Waals surface area contributed by atoms with E-state index in [2.05, 4.69) is 101 Å². The highest BCUT2D eigenvalue weighted by Crippen LogP contribution is 2.75. The number of allylic oxidation sites excluding steroid dienone is 2. The van der Waals surface area contributed by atoms with Crippen molar-refractivity contribution in [3.8, 4) is 0 Å². The Morgan fingerprint density at radius 2 is 1.60 bits per heavy atom. The van der Waals surface area contributed by atoms with Crippen molar-refractivity contribution >= 4 is 28.9 Å². The first-order valence-corrected chi connectivity index (χ1v) is 19.8. The maximum Gasteiger partial charge on any atom is 0.229 e. The van der Waals surface area contributed by atoms with Crippen molar-refractivity contribution in [1.29, 1.82) is 0 Å². The molecule has 6 heteroatoms. The zero-order valence-corrected chi connectivity index (χ0v) is 32.0. The fraction of sp³-hybridized carbons (Fsp3) is 0.762. The van der Waals surface area contributed by atoms with Crippen LogP contribution < -0.4 is 5.32 Å². The summed E-state index contributed by atoms with van der Waals surface area (Å²) in [5.74, 6) is 3.05. The van der Waals surface area contributed by atoms with Crippen molar-refractivity contribution in [3.63, 3.8) is 0 Å². The first kappa shape index (κ1) is 34.5. The minimum absolute atomic E-state index is 0.0366. The molecule has 0 bridgehead atoms. The molecular weight excluding hydrogens is 611 g/mol. The minimum Gasteiger partial charge on any atom is -0.393 e. The van der Waals surface area contributed by atoms with Crippen molar-refractivity contribution in [2.75, 3.05) is 31.5 Å². The highest BCUT2D eigenvalue weighted by molar-refractivity contribution is 7.80. The first-order valence-electron chi connectivity index (χ1n) is 19.4. The molecule has 6 aliphatic rings. The van der Waals surface area contributed by atoms with Gasteiger partial charge in [0, 0.05) is 31.9 Å². The normalized spacial score (nSPS) is 43.6. The number of hydrogen-bond donors (Lipinski definition) is 2. The van der Waals surface area contributed by atoms with E-state index in [1.165, 1.54) is 18.4 Å². The van der Waals surface area contributed by atoms with Crippen LogP contribution in [-0.2, 0) is 4.79 Å². The number of fused-ring (bicyclic) bond motifs is 7. The van der Waals surface area contributed by atoms with Crippen LogP contribution in [-0.4, -0.2) is 58.2 Å². The quantitative estimate of drug-likeness (QED) is 0.243. The molecule has 0 aromatic heterocycles. The molecule has 5 fully saturated rings. The molecule has 7 rings (SSSR count). The van der Waals surface area contributed by atoms with Crippen molar-refractivity contribution in [2.45, 2.75) is 119 Å². The third-order valence-corrected chi connectivity index (χ3v) is 16.9. The Balaban J connectivity index is 1.15. The lowest BCUT2D eigenvalue weighted by molar-refractivity contribution is -0.205. The average molecular weight is 674 g/mol. The summed E-state index contributed by atoms with van der Waals surface area (Å²) in [6, 6.07) is 8.35. The van der Waals surface area contributed by atoms with E-state index in [0.717, 1.165) is 81.9 Å². The first-order chi connectivity index (χ1) is 22.6. The number of aliphatic hydroxyl groups excluding tert-OH is 1. The Morgan fingerprint density at radius 3 is 2.31 bits per heavy atom. The Labute approximate surface area is 296 Å². The summed E-state index contributed by atoms with van der Waals surface area (Å²) in [4.78, 5) is 19.5. The van der Waals surface area contributed by atoms with E-state index in [1.807, 2.05) is 0 Å². The molecule has 1 aliphatic heterocycles. The van der Waals surface area contributed by atoms with E-state index in [-0.39, 0.29) is 33.2 Å². The van der Waals surface area contributed by atoms with Gasteiger partial charge < -0.3 is 20.2 Å². The zero-order valence-electron chi connectivity index (χ0n) is 31.2. The number of thiocarbonyl (C=S) groups is 1. The Hall–Kier alpha value is -1.92. The van der Waals surface area contributed by atoms with E-state index in [9.17, 15) is 5.11 Å². The van der Waals surface area contributed by atoms with Gasteiger partial charge in [-0.05, 0) is 146 Å². The number of hydrogen-bond acceptors (Lipinski definition) is 3. The minimum atomic E-state index is -0.291. The third kappa shape index (κ3) is 4.91. The number of piperazine rings is 1. The largest absolute Gasteiger partial charge is 0.393 e. The Bertz CT molecular complexity index is 1480. The summed E-state index contributed by atoms with van der Waals surface area (Å²) in [7, 11) is 0. The standard InChI is InChI=1S/C42H63N3O2S/c1-27-10-9-11-30(26-27)43-37(48)45-24-22-44(23-25-45)36(47)42-19-14-28(2)29(3)35(42)31-12-13-33-39(6)17-16-34(46)38(4,5)32(39)15-18-41(33,8)40(31,7)20-21-42/h9-12,26,28-29,32-35,46H,13-25H2,1-8H3,(H,43,48)/t28-,29+,32+,33-,34+,35+,39+,40-,41-,42+/m1/s1.